The topological polar surface area (TPSA) is 79.0 Å². The van der Waals surface area contributed by atoms with Gasteiger partial charge < -0.3 is 10.1 Å². The first-order valence-electron chi connectivity index (χ1n) is 10.5. The molecule has 1 saturated carbocycles. The number of hydrogen-bond acceptors (Lipinski definition) is 5. The Hall–Kier alpha value is -0.700. The summed E-state index contributed by atoms with van der Waals surface area (Å²) in [5.41, 5.74) is 0. The van der Waals surface area contributed by atoms with Crippen LogP contribution in [0.5, 0.6) is 0 Å². The summed E-state index contributed by atoms with van der Waals surface area (Å²) in [4.78, 5) is 14.8. The van der Waals surface area contributed by atoms with Gasteiger partial charge in [-0.3, -0.25) is 9.69 Å². The summed E-state index contributed by atoms with van der Waals surface area (Å²) in [5.74, 6) is 0.422. The van der Waals surface area contributed by atoms with Gasteiger partial charge in [0.25, 0.3) is 0 Å². The van der Waals surface area contributed by atoms with E-state index in [4.69, 9.17) is 4.74 Å². The highest BCUT2D eigenvalue weighted by Gasteiger charge is 2.33. The van der Waals surface area contributed by atoms with Crippen LogP contribution in [0.15, 0.2) is 0 Å². The lowest BCUT2D eigenvalue weighted by atomic mass is 9.98. The number of sulfonamides is 1. The maximum absolute atomic E-state index is 12.3. The molecule has 3 aliphatic rings. The van der Waals surface area contributed by atoms with E-state index in [1.165, 1.54) is 19.1 Å². The smallest absolute Gasteiger partial charge is 0.223 e. The summed E-state index contributed by atoms with van der Waals surface area (Å²) >= 11 is 0. The predicted octanol–water partition coefficient (Wildman–Crippen LogP) is 1.20. The number of ether oxygens (including phenoxy) is 1. The lowest BCUT2D eigenvalue weighted by molar-refractivity contribution is -0.124. The number of carbonyl (C=O) groups excluding carboxylic acids is 1. The predicted molar refractivity (Wildman–Crippen MR) is 105 cm³/mol. The van der Waals surface area contributed by atoms with E-state index in [-0.39, 0.29) is 11.8 Å². The lowest BCUT2D eigenvalue weighted by Gasteiger charge is -2.43. The van der Waals surface area contributed by atoms with Crippen LogP contribution < -0.4 is 5.32 Å². The Morgan fingerprint density at radius 2 is 1.63 bits per heavy atom. The number of hydrogen-bond donors (Lipinski definition) is 1. The van der Waals surface area contributed by atoms with Crippen molar-refractivity contribution in [1.29, 1.82) is 0 Å². The zero-order valence-electron chi connectivity index (χ0n) is 16.6. The molecule has 7 nitrogen and oxygen atoms in total. The highest BCUT2D eigenvalue weighted by Crippen LogP contribution is 2.26. The molecule has 0 aromatic heterocycles. The zero-order valence-corrected chi connectivity index (χ0v) is 17.4. The van der Waals surface area contributed by atoms with Crippen molar-refractivity contribution >= 4 is 15.9 Å². The molecule has 27 heavy (non-hydrogen) atoms. The van der Waals surface area contributed by atoms with Gasteiger partial charge in [-0.15, -0.1) is 0 Å². The Bertz CT molecular complexity index is 578. The van der Waals surface area contributed by atoms with Crippen LogP contribution in [-0.4, -0.2) is 81.3 Å². The molecule has 156 valence electrons. The first kappa shape index (κ1) is 21.0. The van der Waals surface area contributed by atoms with E-state index in [2.05, 4.69) is 10.2 Å². The van der Waals surface area contributed by atoms with Crippen molar-refractivity contribution in [3.63, 3.8) is 0 Å². The average Bonchev–Trinajstić information content (AvgIpc) is 3.20. The number of piperidine rings is 1. The largest absolute Gasteiger partial charge is 0.381 e. The van der Waals surface area contributed by atoms with Gasteiger partial charge in [-0.25, -0.2) is 12.7 Å². The van der Waals surface area contributed by atoms with E-state index >= 15 is 0 Å². The summed E-state index contributed by atoms with van der Waals surface area (Å²) in [6.45, 7) is 4.29. The standard InChI is InChI=1S/C19H35N3O4S/c1-27(24,25)21-11-6-17(7-12-21)22(18-8-14-26-15-9-18)13-10-20-19(23)16-4-2-3-5-16/h16-18H,2-15H2,1H3,(H,20,23). The first-order valence-corrected chi connectivity index (χ1v) is 12.4. The molecule has 0 bridgehead atoms. The normalized spacial score (nSPS) is 24.5. The quantitative estimate of drug-likeness (QED) is 0.693. The van der Waals surface area contributed by atoms with Crippen LogP contribution in [0.1, 0.15) is 51.4 Å². The van der Waals surface area contributed by atoms with E-state index < -0.39 is 10.0 Å². The Morgan fingerprint density at radius 3 is 2.22 bits per heavy atom. The maximum atomic E-state index is 12.3. The van der Waals surface area contributed by atoms with Gasteiger partial charge in [0.1, 0.15) is 0 Å². The van der Waals surface area contributed by atoms with Gasteiger partial charge in [-0.2, -0.15) is 0 Å². The molecule has 2 saturated heterocycles. The lowest BCUT2D eigenvalue weighted by Crippen LogP contribution is -2.53. The second-order valence-electron chi connectivity index (χ2n) is 8.25. The van der Waals surface area contributed by atoms with Gasteiger partial charge in [-0.1, -0.05) is 12.8 Å². The van der Waals surface area contributed by atoms with Gasteiger partial charge in [0.15, 0.2) is 0 Å². The van der Waals surface area contributed by atoms with E-state index in [9.17, 15) is 13.2 Å². The van der Waals surface area contributed by atoms with Crippen LogP contribution in [0.4, 0.5) is 0 Å². The fraction of sp³-hybridized carbons (Fsp3) is 0.947. The molecule has 0 aromatic carbocycles. The van der Waals surface area contributed by atoms with Crippen LogP contribution in [0, 0.1) is 5.92 Å². The van der Waals surface area contributed by atoms with E-state index in [0.717, 1.165) is 58.3 Å². The SMILES string of the molecule is CS(=O)(=O)N1CCC(N(CCNC(=O)C2CCCC2)C2CCOCC2)CC1. The van der Waals surface area contributed by atoms with Crippen molar-refractivity contribution in [2.45, 2.75) is 63.5 Å². The molecule has 1 aliphatic carbocycles. The van der Waals surface area contributed by atoms with Crippen LogP contribution in [0.25, 0.3) is 0 Å². The third kappa shape index (κ3) is 5.89. The Labute approximate surface area is 163 Å². The van der Waals surface area contributed by atoms with Gasteiger partial charge in [0.05, 0.1) is 6.26 Å². The number of carbonyl (C=O) groups is 1. The molecular weight excluding hydrogens is 366 g/mol. The van der Waals surface area contributed by atoms with Gasteiger partial charge in [-0.05, 0) is 38.5 Å². The Morgan fingerprint density at radius 1 is 1.04 bits per heavy atom. The summed E-state index contributed by atoms with van der Waals surface area (Å²) in [5, 5.41) is 3.15. The van der Waals surface area contributed by atoms with Gasteiger partial charge in [0, 0.05) is 57.4 Å². The van der Waals surface area contributed by atoms with Crippen molar-refractivity contribution < 1.29 is 17.9 Å². The van der Waals surface area contributed by atoms with Crippen LogP contribution in [-0.2, 0) is 19.6 Å². The molecule has 1 N–H and O–H groups in total. The fourth-order valence-electron chi connectivity index (χ4n) is 4.83. The van der Waals surface area contributed by atoms with Gasteiger partial charge >= 0.3 is 0 Å². The summed E-state index contributed by atoms with van der Waals surface area (Å²) in [7, 11) is -3.10. The summed E-state index contributed by atoms with van der Waals surface area (Å²) in [6.07, 6.45) is 9.45. The van der Waals surface area contributed by atoms with Crippen LogP contribution in [0.2, 0.25) is 0 Å². The Balaban J connectivity index is 1.53. The van der Waals surface area contributed by atoms with E-state index in [1.807, 2.05) is 0 Å². The number of nitrogens with one attached hydrogen (secondary N) is 1. The molecule has 0 radical (unpaired) electrons. The van der Waals surface area contributed by atoms with Crippen LogP contribution in [0.3, 0.4) is 0 Å². The monoisotopic (exact) mass is 401 g/mol. The molecule has 0 spiro atoms. The molecule has 0 atom stereocenters. The second-order valence-corrected chi connectivity index (χ2v) is 10.2. The molecule has 0 aromatic rings. The molecule has 2 aliphatic heterocycles. The van der Waals surface area contributed by atoms with E-state index in [0.29, 0.717) is 31.7 Å². The van der Waals surface area contributed by atoms with Crippen molar-refractivity contribution in [1.82, 2.24) is 14.5 Å². The fourth-order valence-corrected chi connectivity index (χ4v) is 5.70. The Kier molecular flexibility index (Phi) is 7.53. The minimum atomic E-state index is -3.10. The van der Waals surface area contributed by atoms with Crippen molar-refractivity contribution in [3.05, 3.63) is 0 Å². The molecule has 0 unspecified atom stereocenters. The third-order valence-corrected chi connectivity index (χ3v) is 7.72. The van der Waals surface area contributed by atoms with Crippen molar-refractivity contribution in [2.24, 2.45) is 5.92 Å². The van der Waals surface area contributed by atoms with Gasteiger partial charge in [0.2, 0.25) is 15.9 Å². The molecule has 3 fully saturated rings. The molecule has 2 heterocycles. The number of amides is 1. The average molecular weight is 402 g/mol. The molecule has 3 rings (SSSR count). The maximum Gasteiger partial charge on any atom is 0.223 e. The highest BCUT2D eigenvalue weighted by molar-refractivity contribution is 7.88. The second kappa shape index (κ2) is 9.67. The van der Waals surface area contributed by atoms with Crippen molar-refractivity contribution in [3.8, 4) is 0 Å². The number of nitrogens with zero attached hydrogens (tertiary/aromatic N) is 2. The molecule has 8 heteroatoms. The third-order valence-electron chi connectivity index (χ3n) is 6.42. The van der Waals surface area contributed by atoms with E-state index in [1.54, 1.807) is 4.31 Å². The molecular formula is C19H35N3O4S. The zero-order chi connectivity index (χ0) is 19.3. The number of rotatable bonds is 7. The van der Waals surface area contributed by atoms with Crippen molar-refractivity contribution in [2.75, 3.05) is 45.6 Å². The minimum Gasteiger partial charge on any atom is -0.381 e. The van der Waals surface area contributed by atoms with Crippen LogP contribution >= 0.6 is 0 Å². The first-order chi connectivity index (χ1) is 12.9. The highest BCUT2D eigenvalue weighted by atomic mass is 32.2. The summed E-state index contributed by atoms with van der Waals surface area (Å²) < 4.78 is 30.7. The molecule has 1 amide bonds. The summed E-state index contributed by atoms with van der Waals surface area (Å²) in [6, 6.07) is 0.853. The minimum absolute atomic E-state index is 0.208.